The third-order valence-electron chi connectivity index (χ3n) is 4.45. The van der Waals surface area contributed by atoms with Crippen molar-refractivity contribution in [1.29, 1.82) is 0 Å². The van der Waals surface area contributed by atoms with Crippen LogP contribution >= 0.6 is 23.4 Å². The number of hydrogen-bond donors (Lipinski definition) is 1. The van der Waals surface area contributed by atoms with E-state index in [9.17, 15) is 23.5 Å². The molecule has 1 heterocycles. The van der Waals surface area contributed by atoms with Gasteiger partial charge in [0.15, 0.2) is 5.76 Å². The van der Waals surface area contributed by atoms with Crippen LogP contribution in [-0.2, 0) is 15.3 Å². The topological polar surface area (TPSA) is 76.7 Å². The van der Waals surface area contributed by atoms with E-state index in [0.717, 1.165) is 30.0 Å². The van der Waals surface area contributed by atoms with Gasteiger partial charge in [-0.15, -0.1) is 11.8 Å². The van der Waals surface area contributed by atoms with Crippen molar-refractivity contribution < 1.29 is 27.8 Å². The van der Waals surface area contributed by atoms with Crippen LogP contribution < -0.4 is 5.43 Å². The van der Waals surface area contributed by atoms with Crippen LogP contribution in [0.25, 0.3) is 0 Å². The number of carbonyl (C=O) groups excluding carboxylic acids is 1. The molecule has 1 N–H and O–H groups in total. The second kappa shape index (κ2) is 9.98. The highest BCUT2D eigenvalue weighted by Crippen LogP contribution is 2.35. The zero-order chi connectivity index (χ0) is 22.5. The fraction of sp³-hybridized carbons (Fsp3) is 0.182. The number of rotatable bonds is 7. The van der Waals surface area contributed by atoms with Crippen molar-refractivity contribution in [2.45, 2.75) is 23.0 Å². The maximum Gasteiger partial charge on any atom is 0.306 e. The minimum Gasteiger partial charge on any atom is -0.502 e. The molecule has 1 atom stereocenters. The lowest BCUT2D eigenvalue weighted by molar-refractivity contribution is -0.140. The van der Waals surface area contributed by atoms with Crippen molar-refractivity contribution in [3.8, 4) is 5.75 Å². The number of ether oxygens (including phenoxy) is 1. The Labute approximate surface area is 185 Å². The van der Waals surface area contributed by atoms with Crippen LogP contribution in [0.5, 0.6) is 5.75 Å². The van der Waals surface area contributed by atoms with E-state index in [1.165, 1.54) is 13.2 Å². The molecule has 3 rings (SSSR count). The summed E-state index contributed by atoms with van der Waals surface area (Å²) in [5.41, 5.74) is -0.136. The van der Waals surface area contributed by atoms with Crippen molar-refractivity contribution >= 4 is 29.3 Å². The van der Waals surface area contributed by atoms with E-state index in [2.05, 4.69) is 0 Å². The van der Waals surface area contributed by atoms with Gasteiger partial charge in [0, 0.05) is 22.1 Å². The summed E-state index contributed by atoms with van der Waals surface area (Å²) >= 11 is 6.92. The van der Waals surface area contributed by atoms with Crippen LogP contribution in [0.2, 0.25) is 5.02 Å². The number of carbonyl (C=O) groups is 1. The van der Waals surface area contributed by atoms with Crippen molar-refractivity contribution in [3.05, 3.63) is 92.5 Å². The Hall–Kier alpha value is -2.84. The summed E-state index contributed by atoms with van der Waals surface area (Å²) in [4.78, 5) is 24.5. The largest absolute Gasteiger partial charge is 0.502 e. The lowest BCUT2D eigenvalue weighted by Gasteiger charge is -2.17. The molecule has 0 saturated carbocycles. The maximum atomic E-state index is 13.9. The number of benzene rings is 2. The highest BCUT2D eigenvalue weighted by Gasteiger charge is 2.26. The molecule has 162 valence electrons. The third kappa shape index (κ3) is 5.65. The number of aromatic hydroxyl groups is 1. The van der Waals surface area contributed by atoms with Gasteiger partial charge < -0.3 is 14.3 Å². The predicted octanol–water partition coefficient (Wildman–Crippen LogP) is 5.26. The van der Waals surface area contributed by atoms with Crippen LogP contribution in [0.4, 0.5) is 8.78 Å². The van der Waals surface area contributed by atoms with Gasteiger partial charge in [0.25, 0.3) is 0 Å². The summed E-state index contributed by atoms with van der Waals surface area (Å²) in [6.45, 7) is 0. The van der Waals surface area contributed by atoms with Gasteiger partial charge in [-0.1, -0.05) is 23.7 Å². The minimum absolute atomic E-state index is 0.0383. The molecule has 0 fully saturated rings. The Morgan fingerprint density at radius 1 is 1.19 bits per heavy atom. The van der Waals surface area contributed by atoms with Crippen molar-refractivity contribution in [3.63, 3.8) is 0 Å². The van der Waals surface area contributed by atoms with Crippen LogP contribution in [0.3, 0.4) is 0 Å². The summed E-state index contributed by atoms with van der Waals surface area (Å²) in [6.07, 6.45) is -0.197. The fourth-order valence-corrected chi connectivity index (χ4v) is 3.84. The molecule has 1 aromatic heterocycles. The molecule has 0 aliphatic heterocycles. The van der Waals surface area contributed by atoms with Gasteiger partial charge in [-0.2, -0.15) is 0 Å². The van der Waals surface area contributed by atoms with Gasteiger partial charge in [-0.25, -0.2) is 8.78 Å². The molecule has 1 unspecified atom stereocenters. The Kier molecular flexibility index (Phi) is 7.35. The SMILES string of the molecule is COC(=O)CC(c1ccc(Cl)cc1)c1oc(CSc2ccc(F)cc2F)cc(=O)c1O. The average molecular weight is 467 g/mol. The lowest BCUT2D eigenvalue weighted by atomic mass is 9.92. The monoisotopic (exact) mass is 466 g/mol. The third-order valence-corrected chi connectivity index (χ3v) is 5.77. The van der Waals surface area contributed by atoms with Crippen LogP contribution in [-0.4, -0.2) is 18.2 Å². The molecule has 0 bridgehead atoms. The van der Waals surface area contributed by atoms with Gasteiger partial charge in [-0.05, 0) is 29.8 Å². The van der Waals surface area contributed by atoms with E-state index in [1.54, 1.807) is 24.3 Å². The molecule has 0 spiro atoms. The van der Waals surface area contributed by atoms with Gasteiger partial charge in [-0.3, -0.25) is 9.59 Å². The molecular formula is C22H17ClF2O5S. The summed E-state index contributed by atoms with van der Waals surface area (Å²) in [5.74, 6) is -3.39. The van der Waals surface area contributed by atoms with E-state index >= 15 is 0 Å². The standard InChI is InChI=1S/C22H17ClF2O5S/c1-29-20(27)10-16(12-2-4-13(23)5-3-12)22-21(28)18(26)9-15(30-22)11-31-19-7-6-14(24)8-17(19)25/h2-9,16,28H,10-11H2,1H3. The second-order valence-corrected chi connectivity index (χ2v) is 7.99. The van der Waals surface area contributed by atoms with E-state index in [0.29, 0.717) is 10.6 Å². The highest BCUT2D eigenvalue weighted by molar-refractivity contribution is 7.98. The number of hydrogen-bond acceptors (Lipinski definition) is 6. The molecule has 3 aromatic rings. The number of esters is 1. The van der Waals surface area contributed by atoms with E-state index < -0.39 is 34.7 Å². The lowest BCUT2D eigenvalue weighted by Crippen LogP contribution is -2.14. The predicted molar refractivity (Wildman–Crippen MR) is 112 cm³/mol. The molecule has 0 aliphatic carbocycles. The number of methoxy groups -OCH3 is 1. The Balaban J connectivity index is 1.97. The van der Waals surface area contributed by atoms with Crippen LogP contribution in [0.1, 0.15) is 29.4 Å². The summed E-state index contributed by atoms with van der Waals surface area (Å²) in [5, 5.41) is 10.8. The highest BCUT2D eigenvalue weighted by atomic mass is 35.5. The first-order valence-corrected chi connectivity index (χ1v) is 10.4. The zero-order valence-electron chi connectivity index (χ0n) is 16.2. The normalized spacial score (nSPS) is 11.9. The van der Waals surface area contributed by atoms with Crippen molar-refractivity contribution in [2.24, 2.45) is 0 Å². The fourth-order valence-electron chi connectivity index (χ4n) is 2.91. The first-order valence-electron chi connectivity index (χ1n) is 9.04. The Morgan fingerprint density at radius 2 is 1.90 bits per heavy atom. The Bertz CT molecular complexity index is 1150. The quantitative estimate of drug-likeness (QED) is 0.378. The first kappa shape index (κ1) is 22.8. The molecule has 0 radical (unpaired) electrons. The summed E-state index contributed by atoms with van der Waals surface area (Å²) < 4.78 is 37.5. The zero-order valence-corrected chi connectivity index (χ0v) is 17.8. The summed E-state index contributed by atoms with van der Waals surface area (Å²) in [7, 11) is 1.22. The van der Waals surface area contributed by atoms with E-state index in [-0.39, 0.29) is 28.6 Å². The smallest absolute Gasteiger partial charge is 0.306 e. The van der Waals surface area contributed by atoms with Crippen molar-refractivity contribution in [1.82, 2.24) is 0 Å². The molecule has 9 heteroatoms. The molecule has 31 heavy (non-hydrogen) atoms. The minimum atomic E-state index is -0.815. The van der Waals surface area contributed by atoms with Gasteiger partial charge >= 0.3 is 5.97 Å². The first-order chi connectivity index (χ1) is 14.8. The van der Waals surface area contributed by atoms with Crippen molar-refractivity contribution in [2.75, 3.05) is 7.11 Å². The summed E-state index contributed by atoms with van der Waals surface area (Å²) in [6, 6.07) is 10.7. The number of halogens is 3. The second-order valence-electron chi connectivity index (χ2n) is 6.54. The van der Waals surface area contributed by atoms with Gasteiger partial charge in [0.2, 0.25) is 11.2 Å². The molecule has 0 aliphatic rings. The maximum absolute atomic E-state index is 13.9. The van der Waals surface area contributed by atoms with Crippen LogP contribution in [0, 0.1) is 11.6 Å². The molecule has 5 nitrogen and oxygen atoms in total. The average Bonchev–Trinajstić information content (AvgIpc) is 2.74. The molecule has 0 amide bonds. The van der Waals surface area contributed by atoms with Crippen LogP contribution in [0.15, 0.2) is 62.6 Å². The molecule has 2 aromatic carbocycles. The number of thioether (sulfide) groups is 1. The molecule has 0 saturated heterocycles. The van der Waals surface area contributed by atoms with Gasteiger partial charge in [0.1, 0.15) is 17.4 Å². The molecular weight excluding hydrogens is 450 g/mol. The van der Waals surface area contributed by atoms with Gasteiger partial charge in [0.05, 0.1) is 25.2 Å². The Morgan fingerprint density at radius 3 is 2.55 bits per heavy atom. The van der Waals surface area contributed by atoms with E-state index in [4.69, 9.17) is 20.8 Å². The van der Waals surface area contributed by atoms with E-state index in [1.807, 2.05) is 0 Å².